The number of pyridine rings is 1. The molecular weight excluding hydrogens is 190 g/mol. The second-order valence-corrected chi connectivity index (χ2v) is 3.94. The highest BCUT2D eigenvalue weighted by atomic mass is 16.5. The fourth-order valence-electron chi connectivity index (χ4n) is 1.98. The Kier molecular flexibility index (Phi) is 3.21. The van der Waals surface area contributed by atoms with E-state index in [2.05, 4.69) is 11.9 Å². The lowest BCUT2D eigenvalue weighted by Gasteiger charge is -2.24. The van der Waals surface area contributed by atoms with Crippen LogP contribution in [0.5, 0.6) is 5.88 Å². The Labute approximate surface area is 90.4 Å². The van der Waals surface area contributed by atoms with E-state index in [1.54, 1.807) is 7.11 Å². The first-order valence-corrected chi connectivity index (χ1v) is 5.43. The molecule has 3 heteroatoms. The summed E-state index contributed by atoms with van der Waals surface area (Å²) < 4.78 is 10.8. The highest BCUT2D eigenvalue weighted by Crippen LogP contribution is 2.30. The van der Waals surface area contributed by atoms with Gasteiger partial charge in [0.25, 0.3) is 0 Å². The number of aromatic nitrogens is 1. The Morgan fingerprint density at radius 2 is 2.33 bits per heavy atom. The van der Waals surface area contributed by atoms with Crippen molar-refractivity contribution in [3.63, 3.8) is 0 Å². The SMILES string of the molecule is COc1cc(C)c(C2CCCCO2)cn1. The van der Waals surface area contributed by atoms with Gasteiger partial charge in [0, 0.05) is 24.4 Å². The molecule has 0 amide bonds. The average Bonchev–Trinajstić information content (AvgIpc) is 2.30. The van der Waals surface area contributed by atoms with Crippen molar-refractivity contribution < 1.29 is 9.47 Å². The van der Waals surface area contributed by atoms with Gasteiger partial charge < -0.3 is 9.47 Å². The maximum Gasteiger partial charge on any atom is 0.213 e. The van der Waals surface area contributed by atoms with Gasteiger partial charge in [0.15, 0.2) is 0 Å². The summed E-state index contributed by atoms with van der Waals surface area (Å²) in [6, 6.07) is 1.97. The van der Waals surface area contributed by atoms with Crippen LogP contribution in [0, 0.1) is 6.92 Å². The summed E-state index contributed by atoms with van der Waals surface area (Å²) in [6.07, 6.45) is 5.64. The van der Waals surface area contributed by atoms with Gasteiger partial charge in [-0.15, -0.1) is 0 Å². The smallest absolute Gasteiger partial charge is 0.213 e. The summed E-state index contributed by atoms with van der Waals surface area (Å²) in [5.74, 6) is 0.673. The summed E-state index contributed by atoms with van der Waals surface area (Å²) in [5, 5.41) is 0. The number of hydrogen-bond acceptors (Lipinski definition) is 3. The van der Waals surface area contributed by atoms with Crippen LogP contribution >= 0.6 is 0 Å². The third kappa shape index (κ3) is 2.29. The largest absolute Gasteiger partial charge is 0.481 e. The molecule has 82 valence electrons. The molecule has 0 aliphatic carbocycles. The number of methoxy groups -OCH3 is 1. The predicted octanol–water partition coefficient (Wildman–Crippen LogP) is 2.64. The average molecular weight is 207 g/mol. The molecule has 0 radical (unpaired) electrons. The fraction of sp³-hybridized carbons (Fsp3) is 0.583. The molecule has 0 saturated carbocycles. The molecule has 1 atom stereocenters. The Hall–Kier alpha value is -1.09. The van der Waals surface area contributed by atoms with Crippen LogP contribution in [0.2, 0.25) is 0 Å². The molecule has 1 unspecified atom stereocenters. The lowest BCUT2D eigenvalue weighted by Crippen LogP contribution is -2.13. The first-order valence-electron chi connectivity index (χ1n) is 5.43. The Morgan fingerprint density at radius 1 is 1.47 bits per heavy atom. The van der Waals surface area contributed by atoms with Gasteiger partial charge in [0.1, 0.15) is 0 Å². The van der Waals surface area contributed by atoms with Crippen LogP contribution in [-0.2, 0) is 4.74 Å². The maximum atomic E-state index is 5.74. The molecule has 2 rings (SSSR count). The van der Waals surface area contributed by atoms with E-state index in [4.69, 9.17) is 9.47 Å². The van der Waals surface area contributed by atoms with E-state index in [1.165, 1.54) is 24.0 Å². The van der Waals surface area contributed by atoms with Gasteiger partial charge in [-0.05, 0) is 31.7 Å². The molecule has 0 N–H and O–H groups in total. The molecule has 1 aromatic heterocycles. The van der Waals surface area contributed by atoms with Gasteiger partial charge >= 0.3 is 0 Å². The molecule has 0 bridgehead atoms. The van der Waals surface area contributed by atoms with Crippen LogP contribution in [0.3, 0.4) is 0 Å². The van der Waals surface area contributed by atoms with Crippen molar-refractivity contribution in [3.05, 3.63) is 23.4 Å². The van der Waals surface area contributed by atoms with Gasteiger partial charge in [-0.2, -0.15) is 0 Å². The van der Waals surface area contributed by atoms with Crippen LogP contribution in [0.4, 0.5) is 0 Å². The molecule has 3 nitrogen and oxygen atoms in total. The van der Waals surface area contributed by atoms with Crippen LogP contribution in [0.1, 0.15) is 36.5 Å². The lowest BCUT2D eigenvalue weighted by atomic mass is 9.99. The maximum absolute atomic E-state index is 5.74. The zero-order valence-electron chi connectivity index (χ0n) is 9.32. The topological polar surface area (TPSA) is 31.4 Å². The Balaban J connectivity index is 2.19. The molecule has 1 aromatic rings. The number of aryl methyl sites for hydroxylation is 1. The van der Waals surface area contributed by atoms with E-state index in [9.17, 15) is 0 Å². The van der Waals surface area contributed by atoms with Crippen molar-refractivity contribution in [2.45, 2.75) is 32.3 Å². The van der Waals surface area contributed by atoms with Crippen molar-refractivity contribution in [1.82, 2.24) is 4.98 Å². The number of ether oxygens (including phenoxy) is 2. The van der Waals surface area contributed by atoms with E-state index < -0.39 is 0 Å². The van der Waals surface area contributed by atoms with Crippen LogP contribution in [0.25, 0.3) is 0 Å². The number of hydrogen-bond donors (Lipinski definition) is 0. The fourth-order valence-corrected chi connectivity index (χ4v) is 1.98. The van der Waals surface area contributed by atoms with Gasteiger partial charge in [-0.1, -0.05) is 0 Å². The van der Waals surface area contributed by atoms with E-state index in [-0.39, 0.29) is 6.10 Å². The van der Waals surface area contributed by atoms with Crippen molar-refractivity contribution in [2.75, 3.05) is 13.7 Å². The third-order valence-corrected chi connectivity index (χ3v) is 2.86. The highest BCUT2D eigenvalue weighted by Gasteiger charge is 2.18. The summed E-state index contributed by atoms with van der Waals surface area (Å²) in [6.45, 7) is 2.95. The zero-order chi connectivity index (χ0) is 10.7. The minimum absolute atomic E-state index is 0.233. The van der Waals surface area contributed by atoms with E-state index >= 15 is 0 Å². The summed E-state index contributed by atoms with van der Waals surface area (Å²) in [7, 11) is 1.64. The Bertz CT molecular complexity index is 332. The van der Waals surface area contributed by atoms with Crippen molar-refractivity contribution in [3.8, 4) is 5.88 Å². The van der Waals surface area contributed by atoms with Crippen LogP contribution < -0.4 is 4.74 Å². The van der Waals surface area contributed by atoms with Crippen molar-refractivity contribution in [1.29, 1.82) is 0 Å². The molecular formula is C12H17NO2. The van der Waals surface area contributed by atoms with Crippen LogP contribution in [-0.4, -0.2) is 18.7 Å². The Morgan fingerprint density at radius 3 is 2.93 bits per heavy atom. The van der Waals surface area contributed by atoms with Crippen LogP contribution in [0.15, 0.2) is 12.3 Å². The summed E-state index contributed by atoms with van der Waals surface area (Å²) >= 11 is 0. The quantitative estimate of drug-likeness (QED) is 0.747. The molecule has 0 aromatic carbocycles. The monoisotopic (exact) mass is 207 g/mol. The molecule has 1 saturated heterocycles. The van der Waals surface area contributed by atoms with Gasteiger partial charge in [0.2, 0.25) is 5.88 Å². The minimum atomic E-state index is 0.233. The molecule has 1 fully saturated rings. The highest BCUT2D eigenvalue weighted by molar-refractivity contribution is 5.30. The second kappa shape index (κ2) is 4.62. The van der Waals surface area contributed by atoms with Gasteiger partial charge in [-0.25, -0.2) is 4.98 Å². The van der Waals surface area contributed by atoms with E-state index in [0.29, 0.717) is 5.88 Å². The molecule has 15 heavy (non-hydrogen) atoms. The lowest BCUT2D eigenvalue weighted by molar-refractivity contribution is 0.0143. The van der Waals surface area contributed by atoms with Crippen molar-refractivity contribution in [2.24, 2.45) is 0 Å². The number of rotatable bonds is 2. The van der Waals surface area contributed by atoms with Crippen molar-refractivity contribution >= 4 is 0 Å². The number of nitrogens with zero attached hydrogens (tertiary/aromatic N) is 1. The van der Waals surface area contributed by atoms with E-state index in [1.807, 2.05) is 12.3 Å². The van der Waals surface area contributed by atoms with Gasteiger partial charge in [-0.3, -0.25) is 0 Å². The minimum Gasteiger partial charge on any atom is -0.481 e. The first kappa shape index (κ1) is 10.4. The molecule has 0 spiro atoms. The molecule has 2 heterocycles. The van der Waals surface area contributed by atoms with E-state index in [0.717, 1.165) is 13.0 Å². The normalized spacial score (nSPS) is 21.3. The standard InChI is InChI=1S/C12H17NO2/c1-9-7-12(14-2)13-8-10(9)11-5-3-4-6-15-11/h7-8,11H,3-6H2,1-2H3. The van der Waals surface area contributed by atoms with Gasteiger partial charge in [0.05, 0.1) is 13.2 Å². The second-order valence-electron chi connectivity index (χ2n) is 3.94. The molecule has 1 aliphatic heterocycles. The predicted molar refractivity (Wildman–Crippen MR) is 58.1 cm³/mol. The molecule has 1 aliphatic rings. The first-order chi connectivity index (χ1) is 7.31. The summed E-state index contributed by atoms with van der Waals surface area (Å²) in [5.41, 5.74) is 2.41. The summed E-state index contributed by atoms with van der Waals surface area (Å²) in [4.78, 5) is 4.23. The zero-order valence-corrected chi connectivity index (χ0v) is 9.32. The third-order valence-electron chi connectivity index (χ3n) is 2.86.